The van der Waals surface area contributed by atoms with Crippen molar-refractivity contribution < 1.29 is 28.6 Å². The summed E-state index contributed by atoms with van der Waals surface area (Å²) in [4.78, 5) is 38.5. The molecule has 0 aromatic heterocycles. The summed E-state index contributed by atoms with van der Waals surface area (Å²) in [5.74, 6) is -0.921. The van der Waals surface area contributed by atoms with E-state index in [1.165, 1.54) is 205 Å². The zero-order chi connectivity index (χ0) is 59.9. The molecule has 1 atom stereocenters. The van der Waals surface area contributed by atoms with Crippen molar-refractivity contribution >= 4 is 17.9 Å². The van der Waals surface area contributed by atoms with Crippen LogP contribution in [0.4, 0.5) is 0 Å². The fourth-order valence-electron chi connectivity index (χ4n) is 10.3. The van der Waals surface area contributed by atoms with E-state index in [1.54, 1.807) is 0 Å². The Hall–Kier alpha value is -3.67. The van der Waals surface area contributed by atoms with Crippen molar-refractivity contribution in [3.05, 3.63) is 97.2 Å². The molecule has 6 nitrogen and oxygen atoms in total. The fraction of sp³-hybridized carbons (Fsp3) is 0.753. The van der Waals surface area contributed by atoms with Gasteiger partial charge in [0.05, 0.1) is 0 Å². The zero-order valence-electron chi connectivity index (χ0n) is 54.9. The molecular formula is C77H134O6. The number of carbonyl (C=O) groups excluding carboxylic acids is 3. The minimum absolute atomic E-state index is 0.0897. The van der Waals surface area contributed by atoms with E-state index in [-0.39, 0.29) is 31.1 Å². The molecule has 1 unspecified atom stereocenters. The molecule has 6 heteroatoms. The van der Waals surface area contributed by atoms with E-state index in [1.807, 2.05) is 0 Å². The molecule has 0 rings (SSSR count). The molecule has 0 saturated carbocycles. The summed E-state index contributed by atoms with van der Waals surface area (Å²) in [6, 6.07) is 0. The van der Waals surface area contributed by atoms with Crippen molar-refractivity contribution in [3.63, 3.8) is 0 Å². The smallest absolute Gasteiger partial charge is 0.306 e. The van der Waals surface area contributed by atoms with Gasteiger partial charge in [-0.2, -0.15) is 0 Å². The maximum absolute atomic E-state index is 13.0. The van der Waals surface area contributed by atoms with Crippen molar-refractivity contribution in [1.82, 2.24) is 0 Å². The van der Waals surface area contributed by atoms with E-state index in [4.69, 9.17) is 14.2 Å². The summed E-state index contributed by atoms with van der Waals surface area (Å²) >= 11 is 0. The van der Waals surface area contributed by atoms with Crippen molar-refractivity contribution in [2.45, 2.75) is 361 Å². The van der Waals surface area contributed by atoms with Crippen LogP contribution in [-0.4, -0.2) is 37.2 Å². The van der Waals surface area contributed by atoms with Crippen LogP contribution in [0.15, 0.2) is 97.2 Å². The van der Waals surface area contributed by atoms with E-state index >= 15 is 0 Å². The molecule has 0 aromatic carbocycles. The third kappa shape index (κ3) is 69.0. The topological polar surface area (TPSA) is 78.9 Å². The lowest BCUT2D eigenvalue weighted by molar-refractivity contribution is -0.167. The first-order chi connectivity index (χ1) is 41.0. The molecule has 0 amide bonds. The monoisotopic (exact) mass is 1160 g/mol. The van der Waals surface area contributed by atoms with Crippen LogP contribution in [0.5, 0.6) is 0 Å². The average molecular weight is 1160 g/mol. The predicted molar refractivity (Wildman–Crippen MR) is 362 cm³/mol. The molecule has 0 fully saturated rings. The van der Waals surface area contributed by atoms with Gasteiger partial charge in [-0.05, 0) is 96.3 Å². The molecule has 0 heterocycles. The number of hydrogen-bond acceptors (Lipinski definition) is 6. The maximum Gasteiger partial charge on any atom is 0.306 e. The van der Waals surface area contributed by atoms with Crippen LogP contribution in [0.1, 0.15) is 355 Å². The van der Waals surface area contributed by atoms with E-state index in [2.05, 4.69) is 118 Å². The molecule has 83 heavy (non-hydrogen) atoms. The first-order valence-corrected chi connectivity index (χ1v) is 35.7. The zero-order valence-corrected chi connectivity index (χ0v) is 54.9. The number of rotatable bonds is 65. The Balaban J connectivity index is 4.31. The second kappa shape index (κ2) is 70.8. The summed E-state index contributed by atoms with van der Waals surface area (Å²) in [5.41, 5.74) is 0. The summed E-state index contributed by atoms with van der Waals surface area (Å²) in [7, 11) is 0. The first-order valence-electron chi connectivity index (χ1n) is 35.7. The van der Waals surface area contributed by atoms with Crippen LogP contribution in [0.2, 0.25) is 0 Å². The first kappa shape index (κ1) is 79.3. The lowest BCUT2D eigenvalue weighted by Crippen LogP contribution is -2.30. The SMILES string of the molecule is CC/C=C\C/C=C\C/C=C\C/C=C\CCCCCCCCCCCCC(=O)OC(COC(=O)CCCC/C=C\C/C=C\C/C=C\C/C=C\CC)COC(=O)CCCCCCCCCCCCCCCCCCCCCCCCCCCCC. The Labute approximate surface area is 515 Å². The molecule has 0 aromatic rings. The Morgan fingerprint density at radius 1 is 0.253 bits per heavy atom. The standard InChI is InChI=1S/C77H134O6/c1-4-7-10-13-16-19-22-25-28-30-32-34-36-37-38-39-41-42-44-46-49-52-55-58-61-64-67-70-76(79)82-73-74(72-81-75(78)69-66-63-60-57-54-51-48-27-24-21-18-15-12-9-6-3)83-77(80)71-68-65-62-59-56-53-50-47-45-43-40-35-33-31-29-26-23-20-17-14-11-8-5-2/h8-9,11-12,17-18,20-21,26-27,29,33,35,48,54,57,74H,4-7,10,13-16,19,22-25,28,30-32,34,36-47,49-53,55-56,58-73H2,1-3H3/b11-8-,12-9-,20-17-,21-18-,29-26-,35-33-,48-27-,57-54-. The third-order valence-electron chi connectivity index (χ3n) is 15.6. The number of hydrogen-bond donors (Lipinski definition) is 0. The molecule has 478 valence electrons. The summed E-state index contributed by atoms with van der Waals surface area (Å²) in [5, 5.41) is 0. The highest BCUT2D eigenvalue weighted by Gasteiger charge is 2.19. The highest BCUT2D eigenvalue weighted by molar-refractivity contribution is 5.71. The van der Waals surface area contributed by atoms with Crippen molar-refractivity contribution in [3.8, 4) is 0 Å². The van der Waals surface area contributed by atoms with E-state index in [0.29, 0.717) is 19.3 Å². The van der Waals surface area contributed by atoms with E-state index in [9.17, 15) is 14.4 Å². The van der Waals surface area contributed by atoms with Gasteiger partial charge in [0.15, 0.2) is 6.10 Å². The van der Waals surface area contributed by atoms with Crippen molar-refractivity contribution in [2.24, 2.45) is 0 Å². The maximum atomic E-state index is 13.0. The lowest BCUT2D eigenvalue weighted by atomic mass is 10.0. The van der Waals surface area contributed by atoms with Crippen LogP contribution in [0, 0.1) is 0 Å². The number of ether oxygens (including phenoxy) is 3. The molecule has 0 radical (unpaired) electrons. The quantitative estimate of drug-likeness (QED) is 0.0261. The van der Waals surface area contributed by atoms with Gasteiger partial charge in [-0.15, -0.1) is 0 Å². The van der Waals surface area contributed by atoms with E-state index in [0.717, 1.165) is 109 Å². The van der Waals surface area contributed by atoms with Gasteiger partial charge < -0.3 is 14.2 Å². The Morgan fingerprint density at radius 2 is 0.470 bits per heavy atom. The minimum atomic E-state index is -0.799. The number of unbranched alkanes of at least 4 members (excludes halogenated alkanes) is 38. The normalized spacial score (nSPS) is 12.7. The fourth-order valence-corrected chi connectivity index (χ4v) is 10.3. The van der Waals surface area contributed by atoms with Crippen LogP contribution < -0.4 is 0 Å². The van der Waals surface area contributed by atoms with Crippen molar-refractivity contribution in [1.29, 1.82) is 0 Å². The second-order valence-electron chi connectivity index (χ2n) is 23.7. The van der Waals surface area contributed by atoms with Gasteiger partial charge >= 0.3 is 17.9 Å². The number of carbonyl (C=O) groups is 3. The average Bonchev–Trinajstić information content (AvgIpc) is 3.49. The van der Waals surface area contributed by atoms with Gasteiger partial charge in [-0.25, -0.2) is 0 Å². The molecule has 0 aliphatic carbocycles. The van der Waals surface area contributed by atoms with Gasteiger partial charge in [-0.3, -0.25) is 14.4 Å². The van der Waals surface area contributed by atoms with Gasteiger partial charge in [0.25, 0.3) is 0 Å². The van der Waals surface area contributed by atoms with Gasteiger partial charge in [0.2, 0.25) is 0 Å². The van der Waals surface area contributed by atoms with Crippen LogP contribution in [0.3, 0.4) is 0 Å². The van der Waals surface area contributed by atoms with Gasteiger partial charge in [0, 0.05) is 19.3 Å². The molecule has 0 spiro atoms. The predicted octanol–water partition coefficient (Wildman–Crippen LogP) is 24.8. The lowest BCUT2D eigenvalue weighted by Gasteiger charge is -2.18. The summed E-state index contributed by atoms with van der Waals surface area (Å²) < 4.78 is 17.0. The van der Waals surface area contributed by atoms with Crippen molar-refractivity contribution in [2.75, 3.05) is 13.2 Å². The molecular weight excluding hydrogens is 1020 g/mol. The minimum Gasteiger partial charge on any atom is -0.462 e. The molecule has 0 aliphatic rings. The highest BCUT2D eigenvalue weighted by atomic mass is 16.6. The van der Waals surface area contributed by atoms with Crippen LogP contribution >= 0.6 is 0 Å². The number of allylic oxidation sites excluding steroid dienone is 16. The molecule has 0 bridgehead atoms. The summed E-state index contributed by atoms with van der Waals surface area (Å²) in [6.07, 6.45) is 95.9. The molecule has 0 saturated heterocycles. The molecule has 0 N–H and O–H groups in total. The molecule has 0 aliphatic heterocycles. The van der Waals surface area contributed by atoms with Gasteiger partial charge in [-0.1, -0.05) is 336 Å². The Kier molecular flexibility index (Phi) is 67.7. The highest BCUT2D eigenvalue weighted by Crippen LogP contribution is 2.18. The van der Waals surface area contributed by atoms with Crippen LogP contribution in [-0.2, 0) is 28.6 Å². The Morgan fingerprint density at radius 3 is 0.759 bits per heavy atom. The van der Waals surface area contributed by atoms with Gasteiger partial charge in [0.1, 0.15) is 13.2 Å². The third-order valence-corrected chi connectivity index (χ3v) is 15.6. The van der Waals surface area contributed by atoms with E-state index < -0.39 is 6.10 Å². The largest absolute Gasteiger partial charge is 0.462 e. The Bertz CT molecular complexity index is 1610. The van der Waals surface area contributed by atoms with Crippen LogP contribution in [0.25, 0.3) is 0 Å². The second-order valence-corrected chi connectivity index (χ2v) is 23.7. The number of esters is 3. The summed E-state index contributed by atoms with van der Waals surface area (Å²) in [6.45, 7) is 6.43.